The summed E-state index contributed by atoms with van der Waals surface area (Å²) in [6.07, 6.45) is 3.44. The Hall–Kier alpha value is 0.0500. The lowest BCUT2D eigenvalue weighted by Crippen LogP contribution is -2.42. The Kier molecular flexibility index (Phi) is 2.89. The number of allylic oxidation sites excluding steroid dienone is 2. The maximum Gasteiger partial charge on any atom is 0.0282 e. The molecule has 0 aromatic heterocycles. The van der Waals surface area contributed by atoms with Crippen molar-refractivity contribution in [1.82, 2.24) is 0 Å². The van der Waals surface area contributed by atoms with E-state index >= 15 is 0 Å². The van der Waals surface area contributed by atoms with Gasteiger partial charge in [0.2, 0.25) is 0 Å². The van der Waals surface area contributed by atoms with E-state index in [0.717, 1.165) is 6.42 Å². The zero-order valence-corrected chi connectivity index (χ0v) is 9.24. The van der Waals surface area contributed by atoms with Gasteiger partial charge in [-0.05, 0) is 23.7 Å². The van der Waals surface area contributed by atoms with Crippen LogP contribution in [0.2, 0.25) is 0 Å². The molecule has 0 fully saturated rings. The summed E-state index contributed by atoms with van der Waals surface area (Å²) in [6.45, 7) is 8.81. The first-order valence-corrected chi connectivity index (χ1v) is 5.38. The van der Waals surface area contributed by atoms with Crippen LogP contribution in [0.4, 0.5) is 0 Å². The monoisotopic (exact) mass is 185 g/mol. The molecule has 0 radical (unpaired) electrons. The van der Waals surface area contributed by atoms with Gasteiger partial charge in [-0.25, -0.2) is 0 Å². The zero-order valence-electron chi connectivity index (χ0n) is 8.42. The molecule has 12 heavy (non-hydrogen) atoms. The Labute approximate surface area is 79.8 Å². The largest absolute Gasteiger partial charge is 0.326 e. The number of nitrogens with two attached hydrogens (primary N) is 1. The molecule has 2 atom stereocenters. The molecule has 0 spiro atoms. The maximum absolute atomic E-state index is 6.16. The van der Waals surface area contributed by atoms with E-state index in [9.17, 15) is 0 Å². The van der Waals surface area contributed by atoms with Crippen LogP contribution in [0.1, 0.15) is 34.1 Å². The van der Waals surface area contributed by atoms with Gasteiger partial charge in [-0.1, -0.05) is 26.8 Å². The van der Waals surface area contributed by atoms with Crippen LogP contribution in [0, 0.1) is 5.41 Å². The third-order valence-corrected chi connectivity index (χ3v) is 3.70. The summed E-state index contributed by atoms with van der Waals surface area (Å²) in [5.74, 6) is 0. The van der Waals surface area contributed by atoms with Gasteiger partial charge in [0.15, 0.2) is 0 Å². The summed E-state index contributed by atoms with van der Waals surface area (Å²) in [7, 11) is 0. The van der Waals surface area contributed by atoms with Gasteiger partial charge in [0, 0.05) is 11.3 Å². The van der Waals surface area contributed by atoms with Crippen molar-refractivity contribution in [1.29, 1.82) is 0 Å². The van der Waals surface area contributed by atoms with E-state index in [1.165, 1.54) is 4.91 Å². The normalized spacial score (nSPS) is 27.1. The van der Waals surface area contributed by atoms with Crippen molar-refractivity contribution in [2.75, 3.05) is 0 Å². The molecule has 2 N–H and O–H groups in total. The topological polar surface area (TPSA) is 26.0 Å². The standard InChI is InChI=1S/C10H19NS/c1-7-5-6-8(12-7)9(11)10(2,3)4/h5,8-9H,6,11H2,1-4H3/t8?,9-/m0/s1. The predicted octanol–water partition coefficient (Wildman–Crippen LogP) is 2.77. The summed E-state index contributed by atoms with van der Waals surface area (Å²) in [5.41, 5.74) is 6.40. The predicted molar refractivity (Wildman–Crippen MR) is 57.2 cm³/mol. The molecule has 0 aliphatic carbocycles. The minimum absolute atomic E-state index is 0.232. The summed E-state index contributed by atoms with van der Waals surface area (Å²) in [4.78, 5) is 1.43. The fourth-order valence-electron chi connectivity index (χ4n) is 1.39. The average Bonchev–Trinajstić information content (AvgIpc) is 2.32. The van der Waals surface area contributed by atoms with Crippen molar-refractivity contribution in [3.63, 3.8) is 0 Å². The Morgan fingerprint density at radius 1 is 1.58 bits per heavy atom. The van der Waals surface area contributed by atoms with Crippen LogP contribution in [-0.4, -0.2) is 11.3 Å². The summed E-state index contributed by atoms with van der Waals surface area (Å²) >= 11 is 1.94. The molecule has 1 aliphatic rings. The van der Waals surface area contributed by atoms with E-state index in [1.807, 2.05) is 11.8 Å². The first-order chi connectivity index (χ1) is 5.41. The van der Waals surface area contributed by atoms with E-state index in [4.69, 9.17) is 5.73 Å². The van der Waals surface area contributed by atoms with Crippen LogP contribution in [0.15, 0.2) is 11.0 Å². The molecule has 2 heteroatoms. The van der Waals surface area contributed by atoms with Crippen molar-refractivity contribution >= 4 is 11.8 Å². The molecule has 1 rings (SSSR count). The van der Waals surface area contributed by atoms with Crippen molar-refractivity contribution in [3.05, 3.63) is 11.0 Å². The van der Waals surface area contributed by atoms with Gasteiger partial charge in [0.1, 0.15) is 0 Å². The highest BCUT2D eigenvalue weighted by molar-refractivity contribution is 8.03. The average molecular weight is 185 g/mol. The summed E-state index contributed by atoms with van der Waals surface area (Å²) in [6, 6.07) is 0.302. The Balaban J connectivity index is 2.51. The minimum atomic E-state index is 0.232. The van der Waals surface area contributed by atoms with Crippen molar-refractivity contribution < 1.29 is 0 Å². The third-order valence-electron chi connectivity index (χ3n) is 2.38. The van der Waals surface area contributed by atoms with E-state index in [-0.39, 0.29) is 5.41 Å². The lowest BCUT2D eigenvalue weighted by Gasteiger charge is -2.31. The van der Waals surface area contributed by atoms with Gasteiger partial charge < -0.3 is 5.73 Å². The number of hydrogen-bond donors (Lipinski definition) is 1. The Bertz CT molecular complexity index is 191. The first-order valence-electron chi connectivity index (χ1n) is 4.50. The van der Waals surface area contributed by atoms with Crippen LogP contribution in [-0.2, 0) is 0 Å². The summed E-state index contributed by atoms with van der Waals surface area (Å²) in [5, 5.41) is 0.602. The van der Waals surface area contributed by atoms with E-state index in [1.54, 1.807) is 0 Å². The summed E-state index contributed by atoms with van der Waals surface area (Å²) < 4.78 is 0. The Morgan fingerprint density at radius 2 is 2.17 bits per heavy atom. The van der Waals surface area contributed by atoms with Gasteiger partial charge in [-0.3, -0.25) is 0 Å². The molecule has 0 saturated carbocycles. The molecule has 1 unspecified atom stereocenters. The second kappa shape index (κ2) is 3.43. The molecule has 0 saturated heterocycles. The van der Waals surface area contributed by atoms with Gasteiger partial charge in [-0.2, -0.15) is 0 Å². The van der Waals surface area contributed by atoms with Crippen molar-refractivity contribution in [2.24, 2.45) is 11.1 Å². The molecular formula is C10H19NS. The molecular weight excluding hydrogens is 166 g/mol. The number of thioether (sulfide) groups is 1. The van der Waals surface area contributed by atoms with Gasteiger partial charge in [0.25, 0.3) is 0 Å². The second-order valence-electron chi connectivity index (χ2n) is 4.60. The third kappa shape index (κ3) is 2.27. The number of hydrogen-bond acceptors (Lipinski definition) is 2. The smallest absolute Gasteiger partial charge is 0.0282 e. The van der Waals surface area contributed by atoms with Crippen LogP contribution < -0.4 is 5.73 Å². The quantitative estimate of drug-likeness (QED) is 0.680. The fourth-order valence-corrected chi connectivity index (χ4v) is 2.81. The highest BCUT2D eigenvalue weighted by Gasteiger charge is 2.30. The zero-order chi connectivity index (χ0) is 9.35. The lowest BCUT2D eigenvalue weighted by molar-refractivity contribution is 0.314. The molecule has 1 nitrogen and oxygen atoms in total. The van der Waals surface area contributed by atoms with E-state index < -0.39 is 0 Å². The van der Waals surface area contributed by atoms with Crippen LogP contribution >= 0.6 is 11.8 Å². The SMILES string of the molecule is CC1=CCC([C@H](N)C(C)(C)C)S1. The van der Waals surface area contributed by atoms with Crippen LogP contribution in [0.25, 0.3) is 0 Å². The van der Waals surface area contributed by atoms with Gasteiger partial charge in [-0.15, -0.1) is 11.8 Å². The molecule has 1 aliphatic heterocycles. The van der Waals surface area contributed by atoms with Gasteiger partial charge >= 0.3 is 0 Å². The van der Waals surface area contributed by atoms with Gasteiger partial charge in [0.05, 0.1) is 0 Å². The van der Waals surface area contributed by atoms with Crippen LogP contribution in [0.3, 0.4) is 0 Å². The molecule has 0 aromatic carbocycles. The number of rotatable bonds is 1. The molecule has 0 amide bonds. The van der Waals surface area contributed by atoms with Crippen molar-refractivity contribution in [3.8, 4) is 0 Å². The highest BCUT2D eigenvalue weighted by Crippen LogP contribution is 2.37. The molecule has 1 heterocycles. The molecule has 0 bridgehead atoms. The van der Waals surface area contributed by atoms with E-state index in [0.29, 0.717) is 11.3 Å². The second-order valence-corrected chi connectivity index (χ2v) is 6.08. The highest BCUT2D eigenvalue weighted by atomic mass is 32.2. The van der Waals surface area contributed by atoms with Crippen LogP contribution in [0.5, 0.6) is 0 Å². The Morgan fingerprint density at radius 3 is 2.50 bits per heavy atom. The fraction of sp³-hybridized carbons (Fsp3) is 0.800. The van der Waals surface area contributed by atoms with E-state index in [2.05, 4.69) is 33.8 Å². The molecule has 70 valence electrons. The maximum atomic E-state index is 6.16. The van der Waals surface area contributed by atoms with Crippen molar-refractivity contribution in [2.45, 2.75) is 45.4 Å². The lowest BCUT2D eigenvalue weighted by atomic mass is 9.84. The first kappa shape index (κ1) is 10.1. The molecule has 0 aromatic rings. The minimum Gasteiger partial charge on any atom is -0.326 e.